The van der Waals surface area contributed by atoms with Gasteiger partial charge in [-0.1, -0.05) is 13.0 Å². The zero-order valence-electron chi connectivity index (χ0n) is 12.7. The Morgan fingerprint density at radius 1 is 1.45 bits per heavy atom. The number of halogens is 1. The average Bonchev–Trinajstić information content (AvgIpc) is 2.90. The molecule has 1 rings (SSSR count). The van der Waals surface area contributed by atoms with Gasteiger partial charge in [-0.25, -0.2) is 0 Å². The highest BCUT2D eigenvalue weighted by molar-refractivity contribution is 14.0. The highest BCUT2D eigenvalue weighted by atomic mass is 127. The minimum Gasteiger partial charge on any atom is -0.383 e. The van der Waals surface area contributed by atoms with Crippen molar-refractivity contribution in [1.82, 2.24) is 10.6 Å². The van der Waals surface area contributed by atoms with Gasteiger partial charge in [0.25, 0.3) is 0 Å². The Balaban J connectivity index is 0.00000361. The normalized spacial score (nSPS) is 14.3. The van der Waals surface area contributed by atoms with E-state index in [0.29, 0.717) is 12.5 Å². The van der Waals surface area contributed by atoms with E-state index in [0.717, 1.165) is 19.0 Å². The van der Waals surface area contributed by atoms with Gasteiger partial charge in [0.1, 0.15) is 0 Å². The third-order valence-electron chi connectivity index (χ3n) is 2.70. The number of nitrogens with zero attached hydrogens (tertiary/aromatic N) is 1. The molecule has 0 bridgehead atoms. The van der Waals surface area contributed by atoms with E-state index in [-0.39, 0.29) is 30.0 Å². The van der Waals surface area contributed by atoms with Crippen LogP contribution in [0, 0.1) is 0 Å². The molecule has 1 heterocycles. The van der Waals surface area contributed by atoms with Crippen molar-refractivity contribution >= 4 is 41.3 Å². The maximum absolute atomic E-state index is 5.12. The molecule has 0 aliphatic heterocycles. The Bertz CT molecular complexity index is 371. The fourth-order valence-electron chi connectivity index (χ4n) is 1.73. The Morgan fingerprint density at radius 2 is 2.20 bits per heavy atom. The Hall–Kier alpha value is -0.340. The van der Waals surface area contributed by atoms with Gasteiger partial charge in [-0.2, -0.15) is 0 Å². The number of nitrogens with one attached hydrogen (secondary N) is 2. The van der Waals surface area contributed by atoms with Crippen LogP contribution in [-0.4, -0.2) is 38.8 Å². The summed E-state index contributed by atoms with van der Waals surface area (Å²) in [5, 5.41) is 8.71. The molecule has 20 heavy (non-hydrogen) atoms. The summed E-state index contributed by atoms with van der Waals surface area (Å²) in [4.78, 5) is 6.02. The summed E-state index contributed by atoms with van der Waals surface area (Å²) >= 11 is 1.79. The van der Waals surface area contributed by atoms with E-state index in [1.807, 2.05) is 0 Å². The first-order chi connectivity index (χ1) is 9.17. The lowest BCUT2D eigenvalue weighted by atomic mass is 10.1. The predicted molar refractivity (Wildman–Crippen MR) is 98.6 cm³/mol. The van der Waals surface area contributed by atoms with E-state index in [2.05, 4.69) is 53.9 Å². The molecular formula is C14H26IN3OS. The lowest BCUT2D eigenvalue weighted by Crippen LogP contribution is -2.44. The molecule has 4 nitrogen and oxygen atoms in total. The fourth-order valence-corrected chi connectivity index (χ4v) is 2.51. The first-order valence-electron chi connectivity index (χ1n) is 6.74. The fraction of sp³-hybridized carbons (Fsp3) is 0.643. The summed E-state index contributed by atoms with van der Waals surface area (Å²) in [5.41, 5.74) is 0. The number of hydrogen-bond donors (Lipinski definition) is 2. The number of thiophene rings is 1. The van der Waals surface area contributed by atoms with Crippen LogP contribution in [0.2, 0.25) is 0 Å². The van der Waals surface area contributed by atoms with E-state index in [4.69, 9.17) is 4.74 Å². The molecule has 2 N–H and O–H groups in total. The average molecular weight is 411 g/mol. The van der Waals surface area contributed by atoms with Gasteiger partial charge in [0.2, 0.25) is 0 Å². The molecule has 0 aliphatic carbocycles. The zero-order valence-corrected chi connectivity index (χ0v) is 15.8. The van der Waals surface area contributed by atoms with Crippen LogP contribution < -0.4 is 10.6 Å². The van der Waals surface area contributed by atoms with Crippen molar-refractivity contribution in [2.24, 2.45) is 4.99 Å². The standard InChI is InChI=1S/C14H25N3OS.HI/c1-5-15-14(17-12(3)10-18-4)16-9-11(2)13-7-6-8-19-13;/h6-8,11-12H,5,9-10H2,1-4H3,(H2,15,16,17);1H. The number of hydrogen-bond acceptors (Lipinski definition) is 3. The summed E-state index contributed by atoms with van der Waals surface area (Å²) < 4.78 is 5.12. The van der Waals surface area contributed by atoms with Crippen LogP contribution in [0.3, 0.4) is 0 Å². The molecule has 1 aromatic rings. The Morgan fingerprint density at radius 3 is 2.75 bits per heavy atom. The maximum Gasteiger partial charge on any atom is 0.191 e. The summed E-state index contributed by atoms with van der Waals surface area (Å²) in [7, 11) is 1.71. The van der Waals surface area contributed by atoms with Crippen LogP contribution in [0.5, 0.6) is 0 Å². The minimum atomic E-state index is 0. The van der Waals surface area contributed by atoms with Gasteiger partial charge in [-0.05, 0) is 25.3 Å². The molecule has 6 heteroatoms. The van der Waals surface area contributed by atoms with E-state index in [9.17, 15) is 0 Å². The van der Waals surface area contributed by atoms with Gasteiger partial charge in [0.15, 0.2) is 5.96 Å². The van der Waals surface area contributed by atoms with Crippen molar-refractivity contribution in [3.8, 4) is 0 Å². The monoisotopic (exact) mass is 411 g/mol. The largest absolute Gasteiger partial charge is 0.383 e. The van der Waals surface area contributed by atoms with E-state index in [1.54, 1.807) is 18.4 Å². The van der Waals surface area contributed by atoms with Gasteiger partial charge >= 0.3 is 0 Å². The summed E-state index contributed by atoms with van der Waals surface area (Å²) in [5.74, 6) is 1.31. The topological polar surface area (TPSA) is 45.7 Å². The molecule has 2 atom stereocenters. The SMILES string of the molecule is CCNC(=NCC(C)c1cccs1)NC(C)COC.I. The zero-order chi connectivity index (χ0) is 14.1. The van der Waals surface area contributed by atoms with E-state index < -0.39 is 0 Å². The number of rotatable bonds is 7. The highest BCUT2D eigenvalue weighted by Gasteiger charge is 2.08. The van der Waals surface area contributed by atoms with Gasteiger partial charge in [0.05, 0.1) is 13.2 Å². The van der Waals surface area contributed by atoms with Crippen molar-refractivity contribution in [2.75, 3.05) is 26.8 Å². The third-order valence-corrected chi connectivity index (χ3v) is 3.80. The smallest absolute Gasteiger partial charge is 0.191 e. The second kappa shape index (κ2) is 11.3. The highest BCUT2D eigenvalue weighted by Crippen LogP contribution is 2.20. The first-order valence-corrected chi connectivity index (χ1v) is 7.62. The van der Waals surface area contributed by atoms with Gasteiger partial charge in [0, 0.05) is 30.5 Å². The first kappa shape index (κ1) is 19.7. The maximum atomic E-state index is 5.12. The second-order valence-electron chi connectivity index (χ2n) is 4.64. The molecule has 0 radical (unpaired) electrons. The van der Waals surface area contributed by atoms with Crippen LogP contribution in [0.25, 0.3) is 0 Å². The quantitative estimate of drug-likeness (QED) is 0.412. The van der Waals surface area contributed by atoms with Crippen molar-refractivity contribution in [3.05, 3.63) is 22.4 Å². The van der Waals surface area contributed by atoms with Gasteiger partial charge in [-0.15, -0.1) is 35.3 Å². The lowest BCUT2D eigenvalue weighted by molar-refractivity contribution is 0.179. The van der Waals surface area contributed by atoms with E-state index >= 15 is 0 Å². The van der Waals surface area contributed by atoms with Crippen LogP contribution in [0.1, 0.15) is 31.6 Å². The Kier molecular flexibility index (Phi) is 11.1. The van der Waals surface area contributed by atoms with Gasteiger partial charge < -0.3 is 15.4 Å². The van der Waals surface area contributed by atoms with Gasteiger partial charge in [-0.3, -0.25) is 4.99 Å². The number of aliphatic imine (C=N–C) groups is 1. The molecule has 0 amide bonds. The summed E-state index contributed by atoms with van der Waals surface area (Å²) in [6, 6.07) is 4.50. The van der Waals surface area contributed by atoms with Crippen molar-refractivity contribution in [1.29, 1.82) is 0 Å². The molecule has 0 aliphatic rings. The molecule has 0 saturated carbocycles. The summed E-state index contributed by atoms with van der Waals surface area (Å²) in [6.45, 7) is 8.68. The number of ether oxygens (including phenoxy) is 1. The van der Waals surface area contributed by atoms with Crippen molar-refractivity contribution < 1.29 is 4.74 Å². The molecule has 0 spiro atoms. The molecule has 116 valence electrons. The molecule has 0 aromatic carbocycles. The van der Waals surface area contributed by atoms with Crippen LogP contribution in [0.4, 0.5) is 0 Å². The second-order valence-corrected chi connectivity index (χ2v) is 5.62. The van der Waals surface area contributed by atoms with Crippen molar-refractivity contribution in [2.45, 2.75) is 32.7 Å². The van der Waals surface area contributed by atoms with Crippen LogP contribution in [0.15, 0.2) is 22.5 Å². The number of methoxy groups -OCH3 is 1. The molecule has 2 unspecified atom stereocenters. The number of guanidine groups is 1. The molecule has 0 fully saturated rings. The minimum absolute atomic E-state index is 0. The molecular weight excluding hydrogens is 385 g/mol. The van der Waals surface area contributed by atoms with E-state index in [1.165, 1.54) is 4.88 Å². The molecule has 1 aromatic heterocycles. The Labute approximate surface area is 143 Å². The predicted octanol–water partition coefficient (Wildman–Crippen LogP) is 3.06. The third kappa shape index (κ3) is 7.44. The van der Waals surface area contributed by atoms with Crippen molar-refractivity contribution in [3.63, 3.8) is 0 Å². The van der Waals surface area contributed by atoms with Crippen LogP contribution in [-0.2, 0) is 4.74 Å². The lowest BCUT2D eigenvalue weighted by Gasteiger charge is -2.17. The molecule has 0 saturated heterocycles. The van der Waals surface area contributed by atoms with Crippen LogP contribution >= 0.6 is 35.3 Å². The summed E-state index contributed by atoms with van der Waals surface area (Å²) in [6.07, 6.45) is 0.